The Labute approximate surface area is 159 Å². The first kappa shape index (κ1) is 20.9. The molecule has 2 rings (SSSR count). The number of hydrogen-bond donors (Lipinski definition) is 1. The van der Waals surface area contributed by atoms with Gasteiger partial charge in [-0.15, -0.1) is 0 Å². The van der Waals surface area contributed by atoms with Gasteiger partial charge in [0.2, 0.25) is 0 Å². The number of nitrogens with zero attached hydrogens (tertiary/aromatic N) is 2. The summed E-state index contributed by atoms with van der Waals surface area (Å²) in [6.07, 6.45) is 2.07. The largest absolute Gasteiger partial charge is 0.467 e. The van der Waals surface area contributed by atoms with E-state index in [0.29, 0.717) is 13.0 Å². The number of benzene rings is 1. The molecule has 6 nitrogen and oxygen atoms in total. The molecule has 0 saturated carbocycles. The van der Waals surface area contributed by atoms with Crippen LogP contribution in [0.4, 0.5) is 4.39 Å². The summed E-state index contributed by atoms with van der Waals surface area (Å²) in [5.41, 5.74) is 0.607. The molecule has 1 N–H and O–H groups in total. The maximum absolute atomic E-state index is 12.9. The Balaban J connectivity index is 2.28. The molecule has 148 valence electrons. The van der Waals surface area contributed by atoms with Crippen molar-refractivity contribution in [1.29, 1.82) is 0 Å². The number of aryl methyl sites for hydroxylation is 1. The van der Waals surface area contributed by atoms with Gasteiger partial charge in [0.05, 0.1) is 19.3 Å². The summed E-state index contributed by atoms with van der Waals surface area (Å²) in [6, 6.07) is 6.67. The molecule has 2 aromatic rings. The van der Waals surface area contributed by atoms with Gasteiger partial charge >= 0.3 is 5.97 Å². The van der Waals surface area contributed by atoms with E-state index in [0.717, 1.165) is 23.7 Å². The first-order valence-electron chi connectivity index (χ1n) is 9.19. The Kier molecular flexibility index (Phi) is 6.93. The Hall–Kier alpha value is -2.44. The molecule has 1 heterocycles. The highest BCUT2D eigenvalue weighted by molar-refractivity contribution is 6.06. The Morgan fingerprint density at radius 1 is 1.22 bits per heavy atom. The lowest BCUT2D eigenvalue weighted by molar-refractivity contribution is -0.145. The van der Waals surface area contributed by atoms with Crippen molar-refractivity contribution >= 4 is 22.8 Å². The van der Waals surface area contributed by atoms with Crippen molar-refractivity contribution in [2.24, 2.45) is 5.41 Å². The number of unbranched alkanes of at least 4 members (excludes halogenated alkanes) is 2. The summed E-state index contributed by atoms with van der Waals surface area (Å²) in [7, 11) is 1.30. The minimum absolute atomic E-state index is 0.272. The third kappa shape index (κ3) is 5.05. The second kappa shape index (κ2) is 8.97. The van der Waals surface area contributed by atoms with Gasteiger partial charge in [0.1, 0.15) is 6.04 Å². The minimum Gasteiger partial charge on any atom is -0.467 e. The predicted octanol–water partition coefficient (Wildman–Crippen LogP) is 3.49. The van der Waals surface area contributed by atoms with Crippen LogP contribution < -0.4 is 5.32 Å². The van der Waals surface area contributed by atoms with Crippen LogP contribution in [0.1, 0.15) is 50.5 Å². The average Bonchev–Trinajstić information content (AvgIpc) is 3.00. The summed E-state index contributed by atoms with van der Waals surface area (Å²) in [5, 5.41) is 7.95. The number of alkyl halides is 1. The molecule has 0 saturated heterocycles. The molecular formula is C20H28FN3O3. The zero-order valence-electron chi connectivity index (χ0n) is 16.4. The van der Waals surface area contributed by atoms with E-state index in [1.165, 1.54) is 7.11 Å². The highest BCUT2D eigenvalue weighted by Crippen LogP contribution is 2.23. The minimum atomic E-state index is -0.788. The molecular weight excluding hydrogens is 349 g/mol. The van der Waals surface area contributed by atoms with Crippen molar-refractivity contribution < 1.29 is 18.7 Å². The zero-order chi connectivity index (χ0) is 20.0. The van der Waals surface area contributed by atoms with Crippen molar-refractivity contribution in [1.82, 2.24) is 15.1 Å². The molecule has 0 bridgehead atoms. The number of methoxy groups -OCH3 is 1. The van der Waals surface area contributed by atoms with Crippen molar-refractivity contribution in [3.63, 3.8) is 0 Å². The van der Waals surface area contributed by atoms with Crippen LogP contribution in [0, 0.1) is 5.41 Å². The van der Waals surface area contributed by atoms with Gasteiger partial charge in [-0.1, -0.05) is 39.0 Å². The fourth-order valence-corrected chi connectivity index (χ4v) is 2.94. The summed E-state index contributed by atoms with van der Waals surface area (Å²) in [6.45, 7) is 5.85. The highest BCUT2D eigenvalue weighted by Gasteiger charge is 2.34. The summed E-state index contributed by atoms with van der Waals surface area (Å²) in [5.74, 6) is -0.912. The molecule has 0 aliphatic carbocycles. The molecule has 1 aromatic carbocycles. The van der Waals surface area contributed by atoms with E-state index in [9.17, 15) is 14.0 Å². The molecule has 27 heavy (non-hydrogen) atoms. The highest BCUT2D eigenvalue weighted by atomic mass is 19.1. The third-order valence-corrected chi connectivity index (χ3v) is 4.45. The maximum atomic E-state index is 12.9. The second-order valence-electron chi connectivity index (χ2n) is 7.63. The molecule has 0 fully saturated rings. The number of nitrogens with one attached hydrogen (secondary N) is 1. The molecule has 0 radical (unpaired) electrons. The number of hydrogen-bond acceptors (Lipinski definition) is 4. The molecule has 1 aromatic heterocycles. The monoisotopic (exact) mass is 377 g/mol. The molecule has 0 aliphatic rings. The number of halogens is 1. The Morgan fingerprint density at radius 2 is 1.93 bits per heavy atom. The number of ether oxygens (including phenoxy) is 1. The van der Waals surface area contributed by atoms with Crippen LogP contribution in [-0.2, 0) is 16.1 Å². The average molecular weight is 377 g/mol. The van der Waals surface area contributed by atoms with Crippen molar-refractivity contribution in [3.8, 4) is 0 Å². The van der Waals surface area contributed by atoms with Gasteiger partial charge in [0.25, 0.3) is 5.91 Å². The molecule has 0 aliphatic heterocycles. The van der Waals surface area contributed by atoms with Gasteiger partial charge in [-0.3, -0.25) is 13.9 Å². The van der Waals surface area contributed by atoms with Crippen LogP contribution in [-0.4, -0.2) is 41.5 Å². The number of aromatic nitrogens is 2. The van der Waals surface area contributed by atoms with E-state index >= 15 is 0 Å². The van der Waals surface area contributed by atoms with Crippen LogP contribution in [0.3, 0.4) is 0 Å². The number of para-hydroxylation sites is 1. The van der Waals surface area contributed by atoms with Crippen LogP contribution in [0.15, 0.2) is 24.3 Å². The fraction of sp³-hybridized carbons (Fsp3) is 0.550. The predicted molar refractivity (Wildman–Crippen MR) is 102 cm³/mol. The summed E-state index contributed by atoms with van der Waals surface area (Å²) < 4.78 is 18.9. The van der Waals surface area contributed by atoms with Crippen molar-refractivity contribution in [3.05, 3.63) is 30.0 Å². The van der Waals surface area contributed by atoms with E-state index in [1.54, 1.807) is 4.68 Å². The fourth-order valence-electron chi connectivity index (χ4n) is 2.94. The van der Waals surface area contributed by atoms with E-state index in [2.05, 4.69) is 10.4 Å². The van der Waals surface area contributed by atoms with Crippen LogP contribution >= 0.6 is 0 Å². The van der Waals surface area contributed by atoms with Crippen LogP contribution in [0.25, 0.3) is 10.9 Å². The van der Waals surface area contributed by atoms with Crippen LogP contribution in [0.2, 0.25) is 0 Å². The molecule has 1 amide bonds. The SMILES string of the molecule is COC(=O)[C@@H](NC(=O)c1nn(CCCCCF)c2ccccc12)C(C)(C)C. The van der Waals surface area contributed by atoms with Gasteiger partial charge in [-0.25, -0.2) is 4.79 Å². The summed E-state index contributed by atoms with van der Waals surface area (Å²) in [4.78, 5) is 25.0. The van der Waals surface area contributed by atoms with E-state index < -0.39 is 23.3 Å². The quantitative estimate of drug-likeness (QED) is 0.564. The lowest BCUT2D eigenvalue weighted by Gasteiger charge is -2.28. The lowest BCUT2D eigenvalue weighted by Crippen LogP contribution is -2.49. The normalized spacial score (nSPS) is 12.8. The van der Waals surface area contributed by atoms with Crippen molar-refractivity contribution in [2.75, 3.05) is 13.8 Å². The Bertz CT molecular complexity index is 795. The van der Waals surface area contributed by atoms with E-state index in [4.69, 9.17) is 4.74 Å². The molecule has 0 unspecified atom stereocenters. The van der Waals surface area contributed by atoms with Gasteiger partial charge in [0, 0.05) is 11.9 Å². The third-order valence-electron chi connectivity index (χ3n) is 4.45. The van der Waals surface area contributed by atoms with Gasteiger partial charge < -0.3 is 10.1 Å². The molecule has 7 heteroatoms. The molecule has 0 spiro atoms. The topological polar surface area (TPSA) is 73.2 Å². The first-order chi connectivity index (χ1) is 12.8. The number of carbonyl (C=O) groups is 2. The number of amides is 1. The number of carbonyl (C=O) groups excluding carboxylic acids is 2. The van der Waals surface area contributed by atoms with Gasteiger partial charge in [0.15, 0.2) is 5.69 Å². The number of rotatable bonds is 8. The lowest BCUT2D eigenvalue weighted by atomic mass is 9.86. The van der Waals surface area contributed by atoms with Gasteiger partial charge in [-0.2, -0.15) is 5.10 Å². The Morgan fingerprint density at radius 3 is 2.56 bits per heavy atom. The number of esters is 1. The van der Waals surface area contributed by atoms with Crippen LogP contribution in [0.5, 0.6) is 0 Å². The standard InChI is InChI=1S/C20H28FN3O3/c1-20(2,3)17(19(26)27-4)22-18(25)16-14-10-6-7-11-15(14)24(23-16)13-9-5-8-12-21/h6-7,10-11,17H,5,8-9,12-13H2,1-4H3,(H,22,25)/t17-/m1/s1. The zero-order valence-corrected chi connectivity index (χ0v) is 16.4. The first-order valence-corrected chi connectivity index (χ1v) is 9.19. The second-order valence-corrected chi connectivity index (χ2v) is 7.63. The number of fused-ring (bicyclic) bond motifs is 1. The van der Waals surface area contributed by atoms with Gasteiger partial charge in [-0.05, 0) is 30.7 Å². The van der Waals surface area contributed by atoms with E-state index in [-0.39, 0.29) is 12.4 Å². The van der Waals surface area contributed by atoms with Crippen molar-refractivity contribution in [2.45, 2.75) is 52.6 Å². The summed E-state index contributed by atoms with van der Waals surface area (Å²) >= 11 is 0. The van der Waals surface area contributed by atoms with E-state index in [1.807, 2.05) is 45.0 Å². The smallest absolute Gasteiger partial charge is 0.328 e. The molecule has 1 atom stereocenters. The maximum Gasteiger partial charge on any atom is 0.328 e.